The summed E-state index contributed by atoms with van der Waals surface area (Å²) in [6.07, 6.45) is 6.77. The monoisotopic (exact) mass is 364 g/mol. The highest BCUT2D eigenvalue weighted by molar-refractivity contribution is 6.26. The molecule has 1 N–H and O–H groups in total. The topological polar surface area (TPSA) is 54.4 Å². The number of rotatable bonds is 1. The van der Waals surface area contributed by atoms with Crippen LogP contribution in [0.25, 0.3) is 0 Å². The number of aliphatic hydroxyl groups is 1. The Balaban J connectivity index is 1.79. The van der Waals surface area contributed by atoms with Gasteiger partial charge in [0, 0.05) is 17.8 Å². The van der Waals surface area contributed by atoms with E-state index in [0.29, 0.717) is 18.8 Å². The molecule has 3 nitrogen and oxygen atoms in total. The van der Waals surface area contributed by atoms with E-state index in [1.165, 1.54) is 0 Å². The zero-order chi connectivity index (χ0) is 18.2. The SMILES string of the molecule is CC(=O)[C@H]1CC[C@H]2[C@@H]3CCC4=CC(=O)CC[C@]4(C)[C@@]3(Cl)[C@@H](O)C[C@]12C. The normalized spacial score (nSPS) is 52.0. The summed E-state index contributed by atoms with van der Waals surface area (Å²) in [6, 6.07) is 0. The summed E-state index contributed by atoms with van der Waals surface area (Å²) in [5.74, 6) is 1.09. The standard InChI is InChI=1S/C21H29ClO3/c1-12(23)15-6-7-16-17-5-4-13-10-14(24)8-9-20(13,3)21(17,22)18(25)11-19(15,16)2/h10,15-18,25H,4-9,11H2,1-3H3/t15-,16+,17+,18+,19-,20+,21+/m1/s1. The van der Waals surface area contributed by atoms with E-state index in [9.17, 15) is 14.7 Å². The van der Waals surface area contributed by atoms with Gasteiger partial charge in [0.15, 0.2) is 5.78 Å². The van der Waals surface area contributed by atoms with Crippen LogP contribution in [0.2, 0.25) is 0 Å². The van der Waals surface area contributed by atoms with Crippen molar-refractivity contribution in [1.29, 1.82) is 0 Å². The lowest BCUT2D eigenvalue weighted by Crippen LogP contribution is -2.66. The van der Waals surface area contributed by atoms with Crippen molar-refractivity contribution in [2.75, 3.05) is 0 Å². The van der Waals surface area contributed by atoms with Crippen LogP contribution in [0.1, 0.15) is 65.7 Å². The number of ketones is 2. The lowest BCUT2D eigenvalue weighted by atomic mass is 9.45. The van der Waals surface area contributed by atoms with E-state index >= 15 is 0 Å². The predicted octanol–water partition coefficient (Wildman–Crippen LogP) is 4.06. The Bertz CT molecular complexity index is 670. The first-order valence-corrected chi connectivity index (χ1v) is 10.1. The summed E-state index contributed by atoms with van der Waals surface area (Å²) in [5, 5.41) is 11.3. The predicted molar refractivity (Wildman–Crippen MR) is 97.4 cm³/mol. The molecule has 4 aliphatic rings. The zero-order valence-corrected chi connectivity index (χ0v) is 16.2. The number of carbonyl (C=O) groups is 2. The van der Waals surface area contributed by atoms with Gasteiger partial charge in [-0.3, -0.25) is 9.59 Å². The maximum Gasteiger partial charge on any atom is 0.155 e. The number of allylic oxidation sites excluding steroid dienone is 1. The molecule has 0 aromatic carbocycles. The van der Waals surface area contributed by atoms with Crippen LogP contribution in [0.5, 0.6) is 0 Å². The number of fused-ring (bicyclic) bond motifs is 5. The minimum absolute atomic E-state index is 0.0473. The van der Waals surface area contributed by atoms with Gasteiger partial charge < -0.3 is 5.11 Å². The quantitative estimate of drug-likeness (QED) is 0.714. The van der Waals surface area contributed by atoms with Gasteiger partial charge in [-0.15, -0.1) is 11.6 Å². The van der Waals surface area contributed by atoms with Gasteiger partial charge in [-0.1, -0.05) is 19.4 Å². The summed E-state index contributed by atoms with van der Waals surface area (Å²) in [5.41, 5.74) is 0.676. The minimum atomic E-state index is -0.715. The smallest absolute Gasteiger partial charge is 0.155 e. The fourth-order valence-corrected chi connectivity index (χ4v) is 7.79. The molecule has 0 heterocycles. The number of hydrogen-bond donors (Lipinski definition) is 1. The molecule has 0 amide bonds. The Morgan fingerprint density at radius 2 is 1.92 bits per heavy atom. The van der Waals surface area contributed by atoms with Crippen LogP contribution in [0.15, 0.2) is 11.6 Å². The summed E-state index contributed by atoms with van der Waals surface area (Å²) in [6.45, 7) is 6.06. The van der Waals surface area contributed by atoms with Crippen LogP contribution >= 0.6 is 11.6 Å². The first-order chi connectivity index (χ1) is 11.6. The molecule has 3 saturated carbocycles. The van der Waals surface area contributed by atoms with Crippen LogP contribution in [-0.4, -0.2) is 27.7 Å². The molecule has 0 spiro atoms. The van der Waals surface area contributed by atoms with Gasteiger partial charge in [0.1, 0.15) is 5.78 Å². The van der Waals surface area contributed by atoms with Crippen molar-refractivity contribution in [3.8, 4) is 0 Å². The maximum absolute atomic E-state index is 12.2. The van der Waals surface area contributed by atoms with E-state index in [0.717, 1.165) is 37.7 Å². The molecule has 3 fully saturated rings. The van der Waals surface area contributed by atoms with Crippen LogP contribution in [0, 0.1) is 28.6 Å². The Morgan fingerprint density at radius 3 is 2.60 bits per heavy atom. The molecule has 138 valence electrons. The van der Waals surface area contributed by atoms with Gasteiger partial charge in [0.25, 0.3) is 0 Å². The van der Waals surface area contributed by atoms with Crippen LogP contribution < -0.4 is 0 Å². The van der Waals surface area contributed by atoms with Crippen molar-refractivity contribution in [2.45, 2.75) is 76.7 Å². The van der Waals surface area contributed by atoms with E-state index in [1.54, 1.807) is 13.0 Å². The summed E-state index contributed by atoms with van der Waals surface area (Å²) < 4.78 is 0. The molecule has 0 radical (unpaired) electrons. The van der Waals surface area contributed by atoms with E-state index < -0.39 is 11.0 Å². The van der Waals surface area contributed by atoms with Gasteiger partial charge in [-0.05, 0) is 68.8 Å². The van der Waals surface area contributed by atoms with Crippen LogP contribution in [-0.2, 0) is 9.59 Å². The molecular formula is C21H29ClO3. The summed E-state index contributed by atoms with van der Waals surface area (Å²) in [4.78, 5) is 23.4. The second-order valence-corrected chi connectivity index (χ2v) is 10.1. The first-order valence-electron chi connectivity index (χ1n) is 9.76. The fourth-order valence-electron chi connectivity index (χ4n) is 7.24. The molecule has 7 atom stereocenters. The molecule has 4 aliphatic carbocycles. The largest absolute Gasteiger partial charge is 0.391 e. The molecule has 0 bridgehead atoms. The van der Waals surface area contributed by atoms with E-state index in [4.69, 9.17) is 11.6 Å². The molecule has 0 aromatic heterocycles. The number of hydrogen-bond acceptors (Lipinski definition) is 3. The maximum atomic E-state index is 12.2. The van der Waals surface area contributed by atoms with E-state index in [1.807, 2.05) is 0 Å². The Morgan fingerprint density at radius 1 is 1.20 bits per heavy atom. The lowest BCUT2D eigenvalue weighted by molar-refractivity contribution is -0.137. The highest BCUT2D eigenvalue weighted by Gasteiger charge is 2.69. The third-order valence-corrected chi connectivity index (χ3v) is 9.48. The van der Waals surface area contributed by atoms with Gasteiger partial charge in [0.2, 0.25) is 0 Å². The van der Waals surface area contributed by atoms with Gasteiger partial charge >= 0.3 is 0 Å². The zero-order valence-electron chi connectivity index (χ0n) is 15.5. The van der Waals surface area contributed by atoms with Crippen molar-refractivity contribution in [1.82, 2.24) is 0 Å². The number of alkyl halides is 1. The number of carbonyl (C=O) groups excluding carboxylic acids is 2. The van der Waals surface area contributed by atoms with Crippen molar-refractivity contribution < 1.29 is 14.7 Å². The average molecular weight is 365 g/mol. The van der Waals surface area contributed by atoms with Crippen molar-refractivity contribution >= 4 is 23.2 Å². The van der Waals surface area contributed by atoms with Gasteiger partial charge in [-0.2, -0.15) is 0 Å². The molecule has 4 heteroatoms. The second kappa shape index (κ2) is 5.42. The van der Waals surface area contributed by atoms with Crippen molar-refractivity contribution in [2.24, 2.45) is 28.6 Å². The third-order valence-electron chi connectivity index (χ3n) is 8.53. The fraction of sp³-hybridized carbons (Fsp3) is 0.810. The minimum Gasteiger partial charge on any atom is -0.391 e. The van der Waals surface area contributed by atoms with E-state index in [-0.39, 0.29) is 34.2 Å². The molecule has 25 heavy (non-hydrogen) atoms. The Hall–Kier alpha value is -0.670. The van der Waals surface area contributed by atoms with Crippen molar-refractivity contribution in [3.63, 3.8) is 0 Å². The Kier molecular flexibility index (Phi) is 3.84. The molecular weight excluding hydrogens is 336 g/mol. The lowest BCUT2D eigenvalue weighted by Gasteiger charge is -2.64. The summed E-state index contributed by atoms with van der Waals surface area (Å²) >= 11 is 7.36. The van der Waals surface area contributed by atoms with Crippen molar-refractivity contribution in [3.05, 3.63) is 11.6 Å². The molecule has 0 aliphatic heterocycles. The number of Topliss-reactive ketones (excluding diaryl/α,β-unsaturated/α-hetero) is 1. The van der Waals surface area contributed by atoms with Gasteiger partial charge in [-0.25, -0.2) is 0 Å². The second-order valence-electron chi connectivity index (χ2n) is 9.45. The van der Waals surface area contributed by atoms with Gasteiger partial charge in [0.05, 0.1) is 11.0 Å². The highest BCUT2D eigenvalue weighted by Crippen LogP contribution is 2.70. The Labute approximate surface area is 155 Å². The average Bonchev–Trinajstić information content (AvgIpc) is 2.87. The highest BCUT2D eigenvalue weighted by atomic mass is 35.5. The van der Waals surface area contributed by atoms with Crippen LogP contribution in [0.4, 0.5) is 0 Å². The molecule has 0 unspecified atom stereocenters. The number of halogens is 1. The third kappa shape index (κ3) is 2.09. The number of aliphatic hydroxyl groups excluding tert-OH is 1. The van der Waals surface area contributed by atoms with E-state index in [2.05, 4.69) is 13.8 Å². The summed E-state index contributed by atoms with van der Waals surface area (Å²) in [7, 11) is 0. The molecule has 4 rings (SSSR count). The molecule has 0 saturated heterocycles. The first kappa shape index (κ1) is 17.7. The van der Waals surface area contributed by atoms with Crippen LogP contribution in [0.3, 0.4) is 0 Å². The molecule has 0 aromatic rings.